The molecule has 6 nitrogen and oxygen atoms in total. The summed E-state index contributed by atoms with van der Waals surface area (Å²) in [4.78, 5) is 32.1. The lowest BCUT2D eigenvalue weighted by Crippen LogP contribution is -2.29. The van der Waals surface area contributed by atoms with Crippen LogP contribution in [0.4, 0.5) is 5.13 Å². The van der Waals surface area contributed by atoms with Gasteiger partial charge in [-0.15, -0.1) is 11.3 Å². The molecule has 1 N–H and O–H groups in total. The van der Waals surface area contributed by atoms with Crippen molar-refractivity contribution in [2.45, 2.75) is 26.8 Å². The van der Waals surface area contributed by atoms with Crippen LogP contribution in [0, 0.1) is 0 Å². The Labute approximate surface area is 167 Å². The topological polar surface area (TPSA) is 75.4 Å². The fourth-order valence-corrected chi connectivity index (χ4v) is 4.26. The van der Waals surface area contributed by atoms with E-state index in [1.54, 1.807) is 24.3 Å². The zero-order chi connectivity index (χ0) is 19.7. The van der Waals surface area contributed by atoms with Crippen LogP contribution in [0.3, 0.4) is 0 Å². The minimum Gasteiger partial charge on any atom is -0.451 e. The largest absolute Gasteiger partial charge is 0.451 e. The Morgan fingerprint density at radius 3 is 2.71 bits per heavy atom. The van der Waals surface area contributed by atoms with Gasteiger partial charge in [0, 0.05) is 35.5 Å². The van der Waals surface area contributed by atoms with Crippen LogP contribution >= 0.6 is 11.3 Å². The third-order valence-corrected chi connectivity index (χ3v) is 5.88. The van der Waals surface area contributed by atoms with Gasteiger partial charge in [-0.3, -0.25) is 19.8 Å². The van der Waals surface area contributed by atoms with Gasteiger partial charge in [0.2, 0.25) is 0 Å². The number of furan rings is 1. The van der Waals surface area contributed by atoms with Crippen molar-refractivity contribution in [2.75, 3.05) is 18.4 Å². The maximum absolute atomic E-state index is 12.5. The van der Waals surface area contributed by atoms with E-state index in [0.29, 0.717) is 16.5 Å². The molecule has 0 radical (unpaired) electrons. The summed E-state index contributed by atoms with van der Waals surface area (Å²) in [5.41, 5.74) is 2.53. The average molecular weight is 395 g/mol. The van der Waals surface area contributed by atoms with E-state index in [1.807, 2.05) is 12.1 Å². The van der Waals surface area contributed by atoms with Crippen LogP contribution in [0.5, 0.6) is 0 Å². The molecule has 0 aliphatic carbocycles. The maximum Gasteiger partial charge on any atom is 0.293 e. The molecular weight excluding hydrogens is 374 g/mol. The van der Waals surface area contributed by atoms with Crippen molar-refractivity contribution in [1.82, 2.24) is 9.88 Å². The number of hydrogen-bond acceptors (Lipinski definition) is 6. The molecule has 28 heavy (non-hydrogen) atoms. The van der Waals surface area contributed by atoms with Gasteiger partial charge in [0.1, 0.15) is 5.76 Å². The number of hydrogen-bond donors (Lipinski definition) is 1. The van der Waals surface area contributed by atoms with Crippen molar-refractivity contribution in [1.29, 1.82) is 0 Å². The van der Waals surface area contributed by atoms with E-state index >= 15 is 0 Å². The first kappa shape index (κ1) is 18.6. The van der Waals surface area contributed by atoms with Gasteiger partial charge in [0.15, 0.2) is 16.7 Å². The lowest BCUT2D eigenvalue weighted by atomic mass is 10.1. The Morgan fingerprint density at radius 2 is 2.00 bits per heavy atom. The number of carbonyl (C=O) groups is 2. The third kappa shape index (κ3) is 3.76. The van der Waals surface area contributed by atoms with E-state index in [1.165, 1.54) is 23.1 Å². The number of nitrogens with one attached hydrogen (secondary N) is 1. The van der Waals surface area contributed by atoms with E-state index in [9.17, 15) is 9.59 Å². The number of aromatic nitrogens is 1. The molecule has 0 bridgehead atoms. The third-order valence-electron chi connectivity index (χ3n) is 4.88. The summed E-state index contributed by atoms with van der Waals surface area (Å²) in [5.74, 6) is 0.510. The number of ketones is 1. The number of thiazole rings is 1. The molecule has 0 spiro atoms. The van der Waals surface area contributed by atoms with Crippen molar-refractivity contribution in [3.63, 3.8) is 0 Å². The summed E-state index contributed by atoms with van der Waals surface area (Å²) < 4.78 is 5.71. The molecule has 1 aliphatic rings. The lowest BCUT2D eigenvalue weighted by molar-refractivity contribution is 0.0994. The summed E-state index contributed by atoms with van der Waals surface area (Å²) in [6.07, 6.45) is 0.913. The molecule has 1 aliphatic heterocycles. The molecule has 1 amide bonds. The SMILES string of the molecule is CCN1CCc2nc(NC(=O)c3ccc(-c4ccc(C(C)=O)cc4)o3)sc2C1. The summed E-state index contributed by atoms with van der Waals surface area (Å²) in [6.45, 7) is 6.59. The predicted octanol–water partition coefficient (Wildman–Crippen LogP) is 4.24. The minimum absolute atomic E-state index is 0.0132. The second kappa shape index (κ2) is 7.69. The van der Waals surface area contributed by atoms with Gasteiger partial charge >= 0.3 is 0 Å². The number of amides is 1. The first-order chi connectivity index (χ1) is 13.5. The van der Waals surface area contributed by atoms with Crippen LogP contribution in [0.2, 0.25) is 0 Å². The minimum atomic E-state index is -0.315. The fourth-order valence-electron chi connectivity index (χ4n) is 3.21. The zero-order valence-corrected chi connectivity index (χ0v) is 16.6. The van der Waals surface area contributed by atoms with Crippen LogP contribution in [-0.2, 0) is 13.0 Å². The van der Waals surface area contributed by atoms with Crippen molar-refractivity contribution in [2.24, 2.45) is 0 Å². The van der Waals surface area contributed by atoms with Gasteiger partial charge in [-0.1, -0.05) is 31.2 Å². The monoisotopic (exact) mass is 395 g/mol. The molecule has 1 aromatic carbocycles. The van der Waals surface area contributed by atoms with E-state index in [2.05, 4.69) is 22.1 Å². The second-order valence-electron chi connectivity index (χ2n) is 6.76. The molecular formula is C21H21N3O3S. The number of anilines is 1. The molecule has 0 atom stereocenters. The van der Waals surface area contributed by atoms with E-state index in [0.717, 1.165) is 37.3 Å². The quantitative estimate of drug-likeness (QED) is 0.654. The molecule has 144 valence electrons. The number of carbonyl (C=O) groups excluding carboxylic acids is 2. The number of benzene rings is 1. The smallest absolute Gasteiger partial charge is 0.293 e. The second-order valence-corrected chi connectivity index (χ2v) is 7.84. The van der Waals surface area contributed by atoms with Gasteiger partial charge in [0.25, 0.3) is 5.91 Å². The predicted molar refractivity (Wildman–Crippen MR) is 109 cm³/mol. The number of likely N-dealkylation sites (N-methyl/N-ethyl adjacent to an activating group) is 1. The molecule has 0 saturated heterocycles. The molecule has 3 heterocycles. The highest BCUT2D eigenvalue weighted by molar-refractivity contribution is 7.15. The van der Waals surface area contributed by atoms with Gasteiger partial charge in [-0.2, -0.15) is 0 Å². The highest BCUT2D eigenvalue weighted by Gasteiger charge is 2.21. The fraction of sp³-hybridized carbons (Fsp3) is 0.286. The number of Topliss-reactive ketones (excluding diaryl/α,β-unsaturated/α-hetero) is 1. The summed E-state index contributed by atoms with van der Waals surface area (Å²) in [6, 6.07) is 10.5. The molecule has 2 aromatic heterocycles. The van der Waals surface area contributed by atoms with Crippen molar-refractivity contribution >= 4 is 28.2 Å². The van der Waals surface area contributed by atoms with Gasteiger partial charge in [-0.25, -0.2) is 4.98 Å². The van der Waals surface area contributed by atoms with Crippen LogP contribution in [0.25, 0.3) is 11.3 Å². The Hall–Kier alpha value is -2.77. The van der Waals surface area contributed by atoms with Crippen LogP contribution in [-0.4, -0.2) is 34.7 Å². The highest BCUT2D eigenvalue weighted by atomic mass is 32.1. The first-order valence-corrected chi connectivity index (χ1v) is 10.1. The van der Waals surface area contributed by atoms with Crippen molar-refractivity contribution in [3.8, 4) is 11.3 Å². The normalized spacial score (nSPS) is 13.9. The van der Waals surface area contributed by atoms with Crippen LogP contribution in [0.1, 0.15) is 45.3 Å². The highest BCUT2D eigenvalue weighted by Crippen LogP contribution is 2.29. The standard InChI is InChI=1S/C21H21N3O3S/c1-3-24-11-10-16-19(12-24)28-21(22-16)23-20(26)18-9-8-17(27-18)15-6-4-14(5-7-15)13(2)25/h4-9H,3,10-12H2,1-2H3,(H,22,23,26). The number of rotatable bonds is 5. The molecule has 0 fully saturated rings. The summed E-state index contributed by atoms with van der Waals surface area (Å²) in [7, 11) is 0. The van der Waals surface area contributed by atoms with E-state index < -0.39 is 0 Å². The summed E-state index contributed by atoms with van der Waals surface area (Å²) in [5, 5.41) is 3.46. The molecule has 4 rings (SSSR count). The van der Waals surface area contributed by atoms with Crippen LogP contribution in [0.15, 0.2) is 40.8 Å². The molecule has 3 aromatic rings. The van der Waals surface area contributed by atoms with E-state index in [4.69, 9.17) is 4.42 Å². The molecule has 0 unspecified atom stereocenters. The van der Waals surface area contributed by atoms with Crippen molar-refractivity contribution in [3.05, 3.63) is 58.3 Å². The van der Waals surface area contributed by atoms with Gasteiger partial charge in [-0.05, 0) is 25.6 Å². The van der Waals surface area contributed by atoms with Gasteiger partial charge < -0.3 is 4.42 Å². The molecule has 0 saturated carbocycles. The average Bonchev–Trinajstić information content (AvgIpc) is 3.34. The summed E-state index contributed by atoms with van der Waals surface area (Å²) >= 11 is 1.53. The maximum atomic E-state index is 12.5. The Balaban J connectivity index is 1.46. The number of fused-ring (bicyclic) bond motifs is 1. The Bertz CT molecular complexity index is 1020. The Kier molecular flexibility index (Phi) is 5.11. The van der Waals surface area contributed by atoms with Gasteiger partial charge in [0.05, 0.1) is 5.69 Å². The first-order valence-electron chi connectivity index (χ1n) is 9.27. The van der Waals surface area contributed by atoms with Crippen molar-refractivity contribution < 1.29 is 14.0 Å². The van der Waals surface area contributed by atoms with E-state index in [-0.39, 0.29) is 17.5 Å². The molecule has 7 heteroatoms. The number of nitrogens with zero attached hydrogens (tertiary/aromatic N) is 2. The zero-order valence-electron chi connectivity index (χ0n) is 15.8. The Morgan fingerprint density at radius 1 is 1.21 bits per heavy atom. The van der Waals surface area contributed by atoms with Crippen LogP contribution < -0.4 is 5.32 Å². The lowest BCUT2D eigenvalue weighted by Gasteiger charge is -2.23.